The van der Waals surface area contributed by atoms with E-state index in [0.29, 0.717) is 0 Å². The molecule has 0 aliphatic rings. The molecule has 1 nitrogen and oxygen atoms in total. The van der Waals surface area contributed by atoms with Gasteiger partial charge in [0, 0.05) is 21.9 Å². The van der Waals surface area contributed by atoms with Gasteiger partial charge in [-0.25, -0.2) is 0 Å². The lowest BCUT2D eigenvalue weighted by Crippen LogP contribution is -1.88. The summed E-state index contributed by atoms with van der Waals surface area (Å²) in [5.74, 6) is 0. The van der Waals surface area contributed by atoms with Crippen molar-refractivity contribution in [2.45, 2.75) is 0 Å². The van der Waals surface area contributed by atoms with Gasteiger partial charge < -0.3 is 4.42 Å². The quantitative estimate of drug-likeness (QED) is 0.166. The Morgan fingerprint density at radius 3 is 0.877 bits per heavy atom. The molecule has 0 atom stereocenters. The van der Waals surface area contributed by atoms with Gasteiger partial charge in [0.05, 0.1) is 0 Å². The number of benzene rings is 10. The summed E-state index contributed by atoms with van der Waals surface area (Å²) >= 11 is 0. The molecule has 0 spiro atoms. The smallest absolute Gasteiger partial charge is 0.143 e. The molecule has 0 bridgehead atoms. The summed E-state index contributed by atoms with van der Waals surface area (Å²) in [5, 5.41) is 6.90. The van der Waals surface area contributed by atoms with Crippen LogP contribution >= 0.6 is 0 Å². The van der Waals surface area contributed by atoms with Crippen molar-refractivity contribution in [2.24, 2.45) is 0 Å². The highest BCUT2D eigenvalue weighted by Crippen LogP contribution is 2.45. The molecule has 11 aromatic rings. The zero-order valence-electron chi connectivity index (χ0n) is 31.2. The molecule has 0 radical (unpaired) electrons. The van der Waals surface area contributed by atoms with Crippen LogP contribution in [-0.4, -0.2) is 0 Å². The molecule has 57 heavy (non-hydrogen) atoms. The SMILES string of the molecule is c1ccc(-c2cc(-c3ccccc3)cc(-c3ccc4cccc5c6cccc7ccc(-c8cc(-c9ccccc9)cc(-c9ccccc9)c8)c(oc3c45)c76)c2)cc1. The van der Waals surface area contributed by atoms with Crippen LogP contribution in [0, 0.1) is 0 Å². The standard InChI is InChI=1S/C56H36O/c1-5-15-37(16-6-1)43-31-44(38-17-7-2-8-18-38)34-47(33-43)49-29-27-41-23-13-25-51-52-26-14-24-42-28-30-50(56(54(42)52)57-55(49)53(41)51)48-35-45(39-19-9-3-10-20-39)32-46(36-48)40-21-11-4-12-22-40/h1-36H. The Bertz CT molecular complexity index is 2910. The highest BCUT2D eigenvalue weighted by atomic mass is 16.3. The van der Waals surface area contributed by atoms with Gasteiger partial charge in [-0.3, -0.25) is 0 Å². The van der Waals surface area contributed by atoms with Gasteiger partial charge in [-0.15, -0.1) is 0 Å². The van der Waals surface area contributed by atoms with Gasteiger partial charge in [0.1, 0.15) is 11.2 Å². The maximum absolute atomic E-state index is 7.60. The Morgan fingerprint density at radius 2 is 0.544 bits per heavy atom. The van der Waals surface area contributed by atoms with E-state index in [9.17, 15) is 0 Å². The summed E-state index contributed by atoms with van der Waals surface area (Å²) in [6, 6.07) is 78.9. The third-order valence-corrected chi connectivity index (χ3v) is 11.4. The molecular weight excluding hydrogens is 689 g/mol. The van der Waals surface area contributed by atoms with E-state index in [1.807, 2.05) is 0 Å². The van der Waals surface area contributed by atoms with E-state index in [4.69, 9.17) is 4.42 Å². The molecule has 266 valence electrons. The molecule has 0 aliphatic carbocycles. The molecule has 0 fully saturated rings. The summed E-state index contributed by atoms with van der Waals surface area (Å²) in [7, 11) is 0. The molecule has 10 aromatic carbocycles. The predicted octanol–water partition coefficient (Wildman–Crippen LogP) is 15.9. The van der Waals surface area contributed by atoms with Crippen molar-refractivity contribution >= 4 is 43.5 Å². The maximum Gasteiger partial charge on any atom is 0.143 e. The first-order chi connectivity index (χ1) is 28.2. The fourth-order valence-electron chi connectivity index (χ4n) is 8.66. The van der Waals surface area contributed by atoms with Crippen LogP contribution in [0.15, 0.2) is 223 Å². The third-order valence-electron chi connectivity index (χ3n) is 11.4. The van der Waals surface area contributed by atoms with Gasteiger partial charge >= 0.3 is 0 Å². The highest BCUT2D eigenvalue weighted by Gasteiger charge is 2.19. The minimum atomic E-state index is 0.875. The molecule has 1 aromatic heterocycles. The van der Waals surface area contributed by atoms with E-state index >= 15 is 0 Å². The van der Waals surface area contributed by atoms with Crippen LogP contribution in [-0.2, 0) is 0 Å². The summed E-state index contributed by atoms with van der Waals surface area (Å²) < 4.78 is 7.60. The van der Waals surface area contributed by atoms with Gasteiger partial charge in [-0.05, 0) is 126 Å². The van der Waals surface area contributed by atoms with E-state index < -0.39 is 0 Å². The Kier molecular flexibility index (Phi) is 7.89. The second-order valence-electron chi connectivity index (χ2n) is 14.9. The van der Waals surface area contributed by atoms with E-state index in [0.717, 1.165) is 55.0 Å². The van der Waals surface area contributed by atoms with Crippen molar-refractivity contribution in [3.05, 3.63) is 218 Å². The summed E-state index contributed by atoms with van der Waals surface area (Å²) in [4.78, 5) is 0. The van der Waals surface area contributed by atoms with E-state index in [-0.39, 0.29) is 0 Å². The highest BCUT2D eigenvalue weighted by molar-refractivity contribution is 6.26. The molecule has 0 saturated heterocycles. The van der Waals surface area contributed by atoms with Gasteiger partial charge in [0.25, 0.3) is 0 Å². The molecule has 1 heteroatoms. The number of hydrogen-bond acceptors (Lipinski definition) is 1. The Labute approximate surface area is 331 Å². The van der Waals surface area contributed by atoms with Crippen LogP contribution in [0.3, 0.4) is 0 Å². The predicted molar refractivity (Wildman–Crippen MR) is 241 cm³/mol. The Hall–Kier alpha value is -7.48. The van der Waals surface area contributed by atoms with Crippen molar-refractivity contribution < 1.29 is 4.42 Å². The van der Waals surface area contributed by atoms with Crippen LogP contribution in [0.1, 0.15) is 0 Å². The zero-order chi connectivity index (χ0) is 37.7. The second-order valence-corrected chi connectivity index (χ2v) is 14.9. The lowest BCUT2D eigenvalue weighted by atomic mass is 9.91. The average Bonchev–Trinajstić information content (AvgIpc) is 3.44. The molecule has 0 unspecified atom stereocenters. The summed E-state index contributed by atoms with van der Waals surface area (Å²) in [6.45, 7) is 0. The van der Waals surface area contributed by atoms with Crippen LogP contribution < -0.4 is 0 Å². The molecule has 1 heterocycles. The molecule has 11 rings (SSSR count). The fourth-order valence-corrected chi connectivity index (χ4v) is 8.66. The van der Waals surface area contributed by atoms with E-state index in [1.54, 1.807) is 0 Å². The van der Waals surface area contributed by atoms with Crippen LogP contribution in [0.5, 0.6) is 0 Å². The van der Waals surface area contributed by atoms with Crippen molar-refractivity contribution in [3.63, 3.8) is 0 Å². The first-order valence-corrected chi connectivity index (χ1v) is 19.6. The molecule has 0 aliphatic heterocycles. The van der Waals surface area contributed by atoms with Gasteiger partial charge in [0.15, 0.2) is 0 Å². The van der Waals surface area contributed by atoms with Crippen molar-refractivity contribution in [1.82, 2.24) is 0 Å². The zero-order valence-corrected chi connectivity index (χ0v) is 31.2. The second kappa shape index (κ2) is 13.7. The van der Waals surface area contributed by atoms with E-state index in [2.05, 4.69) is 218 Å². The first kappa shape index (κ1) is 32.9. The normalized spacial score (nSPS) is 11.5. The van der Waals surface area contributed by atoms with Crippen LogP contribution in [0.2, 0.25) is 0 Å². The number of fused-ring (bicyclic) bond motifs is 1. The lowest BCUT2D eigenvalue weighted by Gasteiger charge is -2.14. The summed E-state index contributed by atoms with van der Waals surface area (Å²) in [6.07, 6.45) is 0. The number of rotatable bonds is 6. The van der Waals surface area contributed by atoms with Crippen LogP contribution in [0.25, 0.3) is 110 Å². The third kappa shape index (κ3) is 5.80. The van der Waals surface area contributed by atoms with Gasteiger partial charge in [-0.2, -0.15) is 0 Å². The van der Waals surface area contributed by atoms with Crippen molar-refractivity contribution in [1.29, 1.82) is 0 Å². The largest absolute Gasteiger partial charge is 0.455 e. The Morgan fingerprint density at radius 1 is 0.228 bits per heavy atom. The van der Waals surface area contributed by atoms with Crippen molar-refractivity contribution in [3.8, 4) is 66.8 Å². The fraction of sp³-hybridized carbons (Fsp3) is 0. The topological polar surface area (TPSA) is 13.1 Å². The molecule has 0 N–H and O–H groups in total. The van der Waals surface area contributed by atoms with Crippen molar-refractivity contribution in [2.75, 3.05) is 0 Å². The summed E-state index contributed by atoms with van der Waals surface area (Å²) in [5.41, 5.74) is 15.5. The van der Waals surface area contributed by atoms with Gasteiger partial charge in [0.2, 0.25) is 0 Å². The minimum absolute atomic E-state index is 0.875. The monoisotopic (exact) mass is 724 g/mol. The lowest BCUT2D eigenvalue weighted by molar-refractivity contribution is 0.666. The number of hydrogen-bond donors (Lipinski definition) is 0. The van der Waals surface area contributed by atoms with Gasteiger partial charge in [-0.1, -0.05) is 170 Å². The molecule has 0 saturated carbocycles. The van der Waals surface area contributed by atoms with E-state index in [1.165, 1.54) is 55.3 Å². The molecule has 0 amide bonds. The maximum atomic E-state index is 7.60. The molecular formula is C56H36O. The first-order valence-electron chi connectivity index (χ1n) is 19.6. The Balaban J connectivity index is 1.25. The average molecular weight is 725 g/mol. The van der Waals surface area contributed by atoms with Crippen LogP contribution in [0.4, 0.5) is 0 Å². The minimum Gasteiger partial charge on any atom is -0.455 e.